The molecule has 0 N–H and O–H groups in total. The number of hydrogen-bond acceptors (Lipinski definition) is 4. The minimum absolute atomic E-state index is 0.191. The molecule has 2 aliphatic heterocycles. The van der Waals surface area contributed by atoms with Gasteiger partial charge in [0, 0.05) is 42.9 Å². The molecule has 1 aromatic heterocycles. The first-order valence-corrected chi connectivity index (χ1v) is 12.9. The highest BCUT2D eigenvalue weighted by Crippen LogP contribution is 2.34. The first-order valence-electron chi connectivity index (χ1n) is 11.1. The monoisotopic (exact) mass is 470 g/mol. The van der Waals surface area contributed by atoms with Crippen LogP contribution in [0.3, 0.4) is 0 Å². The fraction of sp³-hybridized carbons (Fsp3) is 0.591. The number of aryl methyl sites for hydroxylation is 1. The van der Waals surface area contributed by atoms with Crippen LogP contribution in [-0.4, -0.2) is 59.8 Å². The lowest BCUT2D eigenvalue weighted by atomic mass is 10.0. The fourth-order valence-corrected chi connectivity index (χ4v) is 5.40. The Hall–Kier alpha value is -1.91. The van der Waals surface area contributed by atoms with Crippen molar-refractivity contribution in [3.8, 4) is 11.3 Å². The van der Waals surface area contributed by atoms with Gasteiger partial charge in [-0.3, -0.25) is 4.68 Å². The molecule has 2 aliphatic rings. The van der Waals surface area contributed by atoms with E-state index in [0.717, 1.165) is 49.4 Å². The molecule has 1 aromatic carbocycles. The van der Waals surface area contributed by atoms with Crippen LogP contribution >= 0.6 is 0 Å². The highest BCUT2D eigenvalue weighted by Gasteiger charge is 2.32. The maximum atomic E-state index is 13.0. The molecule has 1 saturated heterocycles. The number of likely N-dealkylation sites (tertiary alicyclic amines) is 1. The summed E-state index contributed by atoms with van der Waals surface area (Å²) in [5, 5.41) is 4.75. The summed E-state index contributed by atoms with van der Waals surface area (Å²) in [4.78, 5) is 2.46. The molecule has 2 aromatic rings. The number of aromatic nitrogens is 2. The third kappa shape index (κ3) is 5.18. The Bertz CT molecular complexity index is 1040. The summed E-state index contributed by atoms with van der Waals surface area (Å²) in [6, 6.07) is 4.94. The van der Waals surface area contributed by atoms with E-state index in [0.29, 0.717) is 30.8 Å². The topological polar surface area (TPSA) is 58.4 Å². The summed E-state index contributed by atoms with van der Waals surface area (Å²) < 4.78 is 66.5. The average molecular weight is 471 g/mol. The van der Waals surface area contributed by atoms with Gasteiger partial charge < -0.3 is 4.90 Å². The van der Waals surface area contributed by atoms with Crippen LogP contribution in [0.2, 0.25) is 0 Å². The summed E-state index contributed by atoms with van der Waals surface area (Å²) in [7, 11) is -3.37. The largest absolute Gasteiger partial charge is 0.416 e. The van der Waals surface area contributed by atoms with E-state index in [2.05, 4.69) is 4.90 Å². The van der Waals surface area contributed by atoms with Crippen LogP contribution < -0.4 is 0 Å². The molecule has 0 amide bonds. The molecular weight excluding hydrogens is 441 g/mol. The summed E-state index contributed by atoms with van der Waals surface area (Å²) in [5.41, 5.74) is 2.20. The third-order valence-corrected chi connectivity index (χ3v) is 7.60. The van der Waals surface area contributed by atoms with Gasteiger partial charge >= 0.3 is 6.18 Å². The van der Waals surface area contributed by atoms with Crippen LogP contribution in [0.4, 0.5) is 13.2 Å². The van der Waals surface area contributed by atoms with E-state index >= 15 is 0 Å². The number of alkyl halides is 3. The minimum Gasteiger partial charge on any atom is -0.303 e. The van der Waals surface area contributed by atoms with E-state index in [1.807, 2.05) is 4.68 Å². The maximum Gasteiger partial charge on any atom is 0.416 e. The van der Waals surface area contributed by atoms with Crippen molar-refractivity contribution < 1.29 is 21.6 Å². The van der Waals surface area contributed by atoms with Gasteiger partial charge in [0.05, 0.1) is 17.5 Å². The molecule has 0 atom stereocenters. The van der Waals surface area contributed by atoms with Crippen molar-refractivity contribution in [3.05, 3.63) is 41.1 Å². The van der Waals surface area contributed by atoms with Crippen LogP contribution in [-0.2, 0) is 35.7 Å². The van der Waals surface area contributed by atoms with Crippen LogP contribution in [0, 0.1) is 0 Å². The van der Waals surface area contributed by atoms with E-state index in [9.17, 15) is 21.6 Å². The van der Waals surface area contributed by atoms with Crippen molar-refractivity contribution >= 4 is 10.0 Å². The van der Waals surface area contributed by atoms with E-state index in [1.54, 1.807) is 0 Å². The van der Waals surface area contributed by atoms with Crippen molar-refractivity contribution in [2.45, 2.75) is 51.4 Å². The Morgan fingerprint density at radius 1 is 1.00 bits per heavy atom. The normalized spacial score (nSPS) is 18.6. The summed E-state index contributed by atoms with van der Waals surface area (Å²) >= 11 is 0. The zero-order valence-electron chi connectivity index (χ0n) is 18.2. The van der Waals surface area contributed by atoms with E-state index < -0.39 is 21.8 Å². The van der Waals surface area contributed by atoms with Crippen LogP contribution in [0.1, 0.15) is 42.5 Å². The Morgan fingerprint density at radius 2 is 1.69 bits per heavy atom. The van der Waals surface area contributed by atoms with Crippen LogP contribution in [0.15, 0.2) is 24.3 Å². The number of hydrogen-bond donors (Lipinski definition) is 0. The lowest BCUT2D eigenvalue weighted by Gasteiger charge is -2.27. The number of halogens is 3. The zero-order valence-corrected chi connectivity index (χ0v) is 19.1. The predicted octanol–water partition coefficient (Wildman–Crippen LogP) is 3.76. The van der Waals surface area contributed by atoms with Gasteiger partial charge in [0.2, 0.25) is 10.0 Å². The van der Waals surface area contributed by atoms with E-state index in [1.165, 1.54) is 42.0 Å². The third-order valence-electron chi connectivity index (χ3n) is 6.35. The predicted molar refractivity (Wildman–Crippen MR) is 117 cm³/mol. The molecule has 6 nitrogen and oxygen atoms in total. The minimum atomic E-state index is -4.40. The van der Waals surface area contributed by atoms with Crippen molar-refractivity contribution in [2.75, 3.05) is 32.4 Å². The molecule has 0 saturated carbocycles. The number of benzene rings is 1. The molecule has 0 radical (unpaired) electrons. The molecule has 0 aliphatic carbocycles. The van der Waals surface area contributed by atoms with E-state index in [4.69, 9.17) is 5.10 Å². The maximum absolute atomic E-state index is 13.0. The molecule has 176 valence electrons. The number of sulfonamides is 1. The van der Waals surface area contributed by atoms with Gasteiger partial charge in [-0.2, -0.15) is 22.6 Å². The Kier molecular flexibility index (Phi) is 6.65. The molecule has 0 bridgehead atoms. The molecule has 10 heteroatoms. The van der Waals surface area contributed by atoms with Gasteiger partial charge in [-0.25, -0.2) is 8.42 Å². The molecular formula is C22H29F3N4O2S. The molecule has 4 rings (SSSR count). The summed E-state index contributed by atoms with van der Waals surface area (Å²) in [5.74, 6) is 0. The van der Waals surface area contributed by atoms with Gasteiger partial charge in [0.15, 0.2) is 0 Å². The lowest BCUT2D eigenvalue weighted by Crippen LogP contribution is -2.35. The average Bonchev–Trinajstić information content (AvgIpc) is 3.11. The summed E-state index contributed by atoms with van der Waals surface area (Å²) in [6.45, 7) is 4.51. The van der Waals surface area contributed by atoms with Crippen LogP contribution in [0.5, 0.6) is 0 Å². The lowest BCUT2D eigenvalue weighted by molar-refractivity contribution is -0.137. The summed E-state index contributed by atoms with van der Waals surface area (Å²) in [6.07, 6.45) is 2.00. The highest BCUT2D eigenvalue weighted by molar-refractivity contribution is 7.88. The number of nitrogens with zero attached hydrogens (tertiary/aromatic N) is 4. The van der Waals surface area contributed by atoms with Gasteiger partial charge in [-0.1, -0.05) is 18.6 Å². The standard InChI is InChI=1S/C22H29F3N4O2S/c1-32(30,31)28-15-10-20-19(16-28)21(17-6-8-18(9-7-17)22(23,24)25)26-29(20)14-5-13-27-11-3-2-4-12-27/h6-9H,2-5,10-16H2,1H3. The second-order valence-corrected chi connectivity index (χ2v) is 10.7. The van der Waals surface area contributed by atoms with Crippen molar-refractivity contribution in [1.29, 1.82) is 0 Å². The molecule has 1 fully saturated rings. The fourth-order valence-electron chi connectivity index (χ4n) is 4.61. The van der Waals surface area contributed by atoms with E-state index in [-0.39, 0.29) is 6.54 Å². The first-order chi connectivity index (χ1) is 15.1. The van der Waals surface area contributed by atoms with Crippen molar-refractivity contribution in [3.63, 3.8) is 0 Å². The smallest absolute Gasteiger partial charge is 0.303 e. The quantitative estimate of drug-likeness (QED) is 0.645. The van der Waals surface area contributed by atoms with Gasteiger partial charge in [0.25, 0.3) is 0 Å². The van der Waals surface area contributed by atoms with Gasteiger partial charge in [-0.05, 0) is 51.0 Å². The molecule has 32 heavy (non-hydrogen) atoms. The second-order valence-electron chi connectivity index (χ2n) is 8.67. The van der Waals surface area contributed by atoms with Crippen molar-refractivity contribution in [1.82, 2.24) is 19.0 Å². The number of piperidine rings is 1. The first kappa shape index (κ1) is 23.3. The van der Waals surface area contributed by atoms with Crippen molar-refractivity contribution in [2.24, 2.45) is 0 Å². The zero-order chi connectivity index (χ0) is 22.9. The number of fused-ring (bicyclic) bond motifs is 1. The van der Waals surface area contributed by atoms with Crippen LogP contribution in [0.25, 0.3) is 11.3 Å². The molecule has 0 unspecified atom stereocenters. The van der Waals surface area contributed by atoms with Gasteiger partial charge in [0.1, 0.15) is 0 Å². The SMILES string of the molecule is CS(=O)(=O)N1CCc2c(c(-c3ccc(C(F)(F)F)cc3)nn2CCCN2CCCCC2)C1. The van der Waals surface area contributed by atoms with Gasteiger partial charge in [-0.15, -0.1) is 0 Å². The number of rotatable bonds is 6. The Morgan fingerprint density at radius 3 is 2.31 bits per heavy atom. The Labute approximate surface area is 187 Å². The second kappa shape index (κ2) is 9.15. The Balaban J connectivity index is 1.60. The molecule has 3 heterocycles. The highest BCUT2D eigenvalue weighted by atomic mass is 32.2. The molecule has 0 spiro atoms.